The minimum atomic E-state index is -0.164. The van der Waals surface area contributed by atoms with Gasteiger partial charge < -0.3 is 14.6 Å². The molecule has 1 fully saturated rings. The van der Waals surface area contributed by atoms with E-state index in [-0.39, 0.29) is 11.7 Å². The van der Waals surface area contributed by atoms with Crippen molar-refractivity contribution in [3.05, 3.63) is 64.1 Å². The van der Waals surface area contributed by atoms with E-state index in [9.17, 15) is 9.18 Å². The van der Waals surface area contributed by atoms with E-state index in [1.165, 1.54) is 30.5 Å². The van der Waals surface area contributed by atoms with Crippen LogP contribution < -0.4 is 4.74 Å². The highest BCUT2D eigenvalue weighted by atomic mass is 19.1. The average molecular weight is 474 g/mol. The van der Waals surface area contributed by atoms with Crippen molar-refractivity contribution in [1.82, 2.24) is 14.8 Å². The van der Waals surface area contributed by atoms with Crippen molar-refractivity contribution >= 4 is 16.8 Å². The van der Waals surface area contributed by atoms with Crippen LogP contribution in [0.25, 0.3) is 10.9 Å². The first-order chi connectivity index (χ1) is 17.0. The van der Waals surface area contributed by atoms with Crippen molar-refractivity contribution in [2.24, 2.45) is 5.92 Å². The number of amides is 1. The number of nitrogens with one attached hydrogen (secondary N) is 1. The summed E-state index contributed by atoms with van der Waals surface area (Å²) in [7, 11) is 1.88. The zero-order valence-corrected chi connectivity index (χ0v) is 20.3. The Kier molecular flexibility index (Phi) is 4.95. The Morgan fingerprint density at radius 1 is 1.11 bits per heavy atom. The lowest BCUT2D eigenvalue weighted by Crippen LogP contribution is -2.53. The van der Waals surface area contributed by atoms with Crippen molar-refractivity contribution in [3.63, 3.8) is 0 Å². The van der Waals surface area contributed by atoms with Crippen LogP contribution in [0.5, 0.6) is 5.75 Å². The highest BCUT2D eigenvalue weighted by Crippen LogP contribution is 2.39. The monoisotopic (exact) mass is 473 g/mol. The van der Waals surface area contributed by atoms with Gasteiger partial charge in [0.05, 0.1) is 5.56 Å². The third-order valence-corrected chi connectivity index (χ3v) is 8.93. The molecule has 1 aromatic heterocycles. The number of aryl methyl sites for hydroxylation is 1. The number of hydrogen-bond acceptors (Lipinski definition) is 3. The molecule has 2 aliphatic heterocycles. The lowest BCUT2D eigenvalue weighted by atomic mass is 9.83. The minimum absolute atomic E-state index is 0.127. The maximum atomic E-state index is 14.0. The van der Waals surface area contributed by atoms with Gasteiger partial charge in [0.1, 0.15) is 18.2 Å². The second-order valence-electron chi connectivity index (χ2n) is 11.1. The Morgan fingerprint density at radius 3 is 2.83 bits per heavy atom. The van der Waals surface area contributed by atoms with Gasteiger partial charge in [0.15, 0.2) is 0 Å². The standard InChI is InChI=1S/C29H32FN3O2/c1-32-15-18-6-10-27-24(28(18)29(32)34)13-21(16-35-27)33(20-3-2-4-20)14-17-5-8-25-22(11-17)23-12-19(30)7-9-26(23)31-25/h6-7,9-10,12,17,20-21,31H,2-5,8,11,13-16H2,1H3. The van der Waals surface area contributed by atoms with E-state index in [0.29, 0.717) is 31.2 Å². The number of hydrogen-bond donors (Lipinski definition) is 1. The summed E-state index contributed by atoms with van der Waals surface area (Å²) >= 11 is 0. The fourth-order valence-electron chi connectivity index (χ4n) is 6.86. The molecule has 1 amide bonds. The number of H-pyrrole nitrogens is 1. The lowest BCUT2D eigenvalue weighted by molar-refractivity contribution is 0.0294. The number of aromatic amines is 1. The van der Waals surface area contributed by atoms with Gasteiger partial charge in [-0.2, -0.15) is 0 Å². The van der Waals surface area contributed by atoms with Crippen molar-refractivity contribution in [2.75, 3.05) is 20.2 Å². The summed E-state index contributed by atoms with van der Waals surface area (Å²) in [5, 5.41) is 1.05. The van der Waals surface area contributed by atoms with Crippen LogP contribution in [0.15, 0.2) is 30.3 Å². The third kappa shape index (κ3) is 3.48. The van der Waals surface area contributed by atoms with E-state index in [0.717, 1.165) is 65.6 Å². The number of aromatic nitrogens is 1. The number of halogens is 1. The molecular formula is C29H32FN3O2. The highest BCUT2D eigenvalue weighted by Gasteiger charge is 2.38. The van der Waals surface area contributed by atoms with Crippen molar-refractivity contribution in [2.45, 2.75) is 63.6 Å². The molecule has 4 aliphatic rings. The molecule has 5 nitrogen and oxygen atoms in total. The van der Waals surface area contributed by atoms with Crippen LogP contribution in [-0.4, -0.2) is 53.0 Å². The predicted molar refractivity (Wildman–Crippen MR) is 133 cm³/mol. The van der Waals surface area contributed by atoms with Gasteiger partial charge >= 0.3 is 0 Å². The van der Waals surface area contributed by atoms with Crippen molar-refractivity contribution in [3.8, 4) is 5.75 Å². The van der Waals surface area contributed by atoms with Gasteiger partial charge in [-0.25, -0.2) is 4.39 Å². The summed E-state index contributed by atoms with van der Waals surface area (Å²) in [6, 6.07) is 10.1. The van der Waals surface area contributed by atoms with Crippen LogP contribution >= 0.6 is 0 Å². The Labute approximate surface area is 205 Å². The molecule has 182 valence electrons. The van der Waals surface area contributed by atoms with E-state index in [4.69, 9.17) is 4.74 Å². The van der Waals surface area contributed by atoms with Crippen LogP contribution in [0.4, 0.5) is 4.39 Å². The molecule has 2 unspecified atom stereocenters. The molecule has 0 saturated heterocycles. The first-order valence-corrected chi connectivity index (χ1v) is 13.1. The summed E-state index contributed by atoms with van der Waals surface area (Å²) in [4.78, 5) is 21.0. The van der Waals surface area contributed by atoms with Gasteiger partial charge in [-0.3, -0.25) is 9.69 Å². The number of carbonyl (C=O) groups excluding carboxylic acids is 1. The quantitative estimate of drug-likeness (QED) is 0.589. The Balaban J connectivity index is 1.15. The molecule has 2 aliphatic carbocycles. The Hall–Kier alpha value is -2.86. The third-order valence-electron chi connectivity index (χ3n) is 8.93. The molecule has 1 N–H and O–H groups in total. The number of nitrogens with zero attached hydrogens (tertiary/aromatic N) is 2. The van der Waals surface area contributed by atoms with Gasteiger partial charge in [-0.1, -0.05) is 12.5 Å². The van der Waals surface area contributed by atoms with Crippen LogP contribution in [-0.2, 0) is 25.8 Å². The van der Waals surface area contributed by atoms with Gasteiger partial charge in [-0.15, -0.1) is 0 Å². The first-order valence-electron chi connectivity index (χ1n) is 13.1. The van der Waals surface area contributed by atoms with Crippen LogP contribution in [0.1, 0.15) is 58.4 Å². The molecule has 2 atom stereocenters. The van der Waals surface area contributed by atoms with Gasteiger partial charge in [-0.05, 0) is 79.8 Å². The van der Waals surface area contributed by atoms with Crippen LogP contribution in [0, 0.1) is 11.7 Å². The summed E-state index contributed by atoms with van der Waals surface area (Å²) in [6.45, 7) is 2.41. The number of fused-ring (bicyclic) bond motifs is 6. The Morgan fingerprint density at radius 2 is 2.00 bits per heavy atom. The molecule has 7 rings (SSSR count). The first kappa shape index (κ1) is 21.4. The van der Waals surface area contributed by atoms with E-state index in [1.807, 2.05) is 18.0 Å². The van der Waals surface area contributed by atoms with E-state index in [1.54, 1.807) is 12.1 Å². The SMILES string of the molecule is CN1Cc2ccc3c(c2C1=O)CC(N(CC1CCc2[nH]c4ccc(F)cc4c2C1)C1CCC1)CO3. The molecule has 3 heterocycles. The molecule has 35 heavy (non-hydrogen) atoms. The maximum Gasteiger partial charge on any atom is 0.254 e. The van der Waals surface area contributed by atoms with Crippen molar-refractivity contribution < 1.29 is 13.9 Å². The molecule has 0 bridgehead atoms. The van der Waals surface area contributed by atoms with Gasteiger partial charge in [0.2, 0.25) is 0 Å². The number of ether oxygens (including phenoxy) is 1. The van der Waals surface area contributed by atoms with E-state index >= 15 is 0 Å². The largest absolute Gasteiger partial charge is 0.492 e. The average Bonchev–Trinajstić information content (AvgIpc) is 3.33. The predicted octanol–water partition coefficient (Wildman–Crippen LogP) is 4.86. The number of carbonyl (C=O) groups is 1. The Bertz CT molecular complexity index is 1330. The molecule has 0 radical (unpaired) electrons. The fourth-order valence-corrected chi connectivity index (χ4v) is 6.86. The lowest BCUT2D eigenvalue weighted by Gasteiger charge is -2.46. The summed E-state index contributed by atoms with van der Waals surface area (Å²) in [5.74, 6) is 1.40. The summed E-state index contributed by atoms with van der Waals surface area (Å²) < 4.78 is 20.3. The van der Waals surface area contributed by atoms with Crippen LogP contribution in [0.3, 0.4) is 0 Å². The fraction of sp³-hybridized carbons (Fsp3) is 0.483. The maximum absolute atomic E-state index is 14.0. The zero-order chi connectivity index (χ0) is 23.7. The molecule has 3 aromatic rings. The molecule has 0 spiro atoms. The van der Waals surface area contributed by atoms with Gasteiger partial charge in [0, 0.05) is 54.4 Å². The molecular weight excluding hydrogens is 441 g/mol. The molecule has 1 saturated carbocycles. The summed E-state index contributed by atoms with van der Waals surface area (Å²) in [5.41, 5.74) is 6.75. The number of benzene rings is 2. The zero-order valence-electron chi connectivity index (χ0n) is 20.3. The highest BCUT2D eigenvalue weighted by molar-refractivity contribution is 6.00. The molecule has 2 aromatic carbocycles. The smallest absolute Gasteiger partial charge is 0.254 e. The number of rotatable bonds is 4. The second-order valence-corrected chi connectivity index (χ2v) is 11.1. The normalized spacial score (nSPS) is 23.7. The van der Waals surface area contributed by atoms with Crippen molar-refractivity contribution in [1.29, 1.82) is 0 Å². The van der Waals surface area contributed by atoms with Crippen LogP contribution in [0.2, 0.25) is 0 Å². The minimum Gasteiger partial charge on any atom is -0.492 e. The topological polar surface area (TPSA) is 48.6 Å². The van der Waals surface area contributed by atoms with E-state index in [2.05, 4.69) is 22.0 Å². The van der Waals surface area contributed by atoms with E-state index < -0.39 is 0 Å². The summed E-state index contributed by atoms with van der Waals surface area (Å²) in [6.07, 6.45) is 7.82. The van der Waals surface area contributed by atoms with Gasteiger partial charge in [0.25, 0.3) is 5.91 Å². The molecule has 6 heteroatoms. The second kappa shape index (κ2) is 8.09.